The lowest BCUT2D eigenvalue weighted by Gasteiger charge is -2.25. The second-order valence-corrected chi connectivity index (χ2v) is 7.12. The van der Waals surface area contributed by atoms with Crippen molar-refractivity contribution in [1.29, 1.82) is 0 Å². The molecule has 2 aromatic rings. The Bertz CT molecular complexity index is 809. The van der Waals surface area contributed by atoms with Crippen molar-refractivity contribution in [3.8, 4) is 5.75 Å². The van der Waals surface area contributed by atoms with E-state index >= 15 is 0 Å². The van der Waals surface area contributed by atoms with Crippen LogP contribution >= 0.6 is 0 Å². The molecule has 0 aromatic heterocycles. The molecule has 1 amide bonds. The van der Waals surface area contributed by atoms with Gasteiger partial charge in [0.05, 0.1) is 5.92 Å². The third kappa shape index (κ3) is 5.09. The van der Waals surface area contributed by atoms with E-state index < -0.39 is 5.97 Å². The molecular formula is C22H25NO4. The van der Waals surface area contributed by atoms with Gasteiger partial charge in [-0.2, -0.15) is 0 Å². The van der Waals surface area contributed by atoms with Crippen LogP contribution in [0.4, 0.5) is 5.69 Å². The van der Waals surface area contributed by atoms with E-state index in [4.69, 9.17) is 9.84 Å². The molecule has 0 aliphatic heterocycles. The van der Waals surface area contributed by atoms with Crippen molar-refractivity contribution >= 4 is 17.6 Å². The van der Waals surface area contributed by atoms with Gasteiger partial charge in [-0.05, 0) is 55.9 Å². The molecule has 0 unspecified atom stereocenters. The van der Waals surface area contributed by atoms with Gasteiger partial charge in [-0.3, -0.25) is 9.59 Å². The smallest absolute Gasteiger partial charge is 0.306 e. The van der Waals surface area contributed by atoms with Crippen molar-refractivity contribution in [3.05, 3.63) is 59.7 Å². The quantitative estimate of drug-likeness (QED) is 0.793. The highest BCUT2D eigenvalue weighted by atomic mass is 16.5. The third-order valence-electron chi connectivity index (χ3n) is 5.20. The molecule has 5 nitrogen and oxygen atoms in total. The van der Waals surface area contributed by atoms with Gasteiger partial charge in [0, 0.05) is 17.7 Å². The van der Waals surface area contributed by atoms with Crippen molar-refractivity contribution < 1.29 is 19.4 Å². The van der Waals surface area contributed by atoms with E-state index in [9.17, 15) is 9.59 Å². The van der Waals surface area contributed by atoms with E-state index in [-0.39, 0.29) is 17.7 Å². The van der Waals surface area contributed by atoms with Gasteiger partial charge in [-0.15, -0.1) is 0 Å². The third-order valence-corrected chi connectivity index (χ3v) is 5.20. The number of benzene rings is 2. The summed E-state index contributed by atoms with van der Waals surface area (Å²) in [4.78, 5) is 23.5. The Kier molecular flexibility index (Phi) is 6.12. The van der Waals surface area contributed by atoms with E-state index in [0.717, 1.165) is 5.56 Å². The minimum atomic E-state index is -0.757. The van der Waals surface area contributed by atoms with Gasteiger partial charge in [0.1, 0.15) is 12.4 Å². The Morgan fingerprint density at radius 2 is 1.74 bits per heavy atom. The number of nitrogens with one attached hydrogen (secondary N) is 1. The first-order valence-corrected chi connectivity index (χ1v) is 9.34. The summed E-state index contributed by atoms with van der Waals surface area (Å²) in [6.07, 6.45) is 2.36. The minimum Gasteiger partial charge on any atom is -0.489 e. The van der Waals surface area contributed by atoms with Crippen LogP contribution < -0.4 is 10.1 Å². The molecule has 142 valence electrons. The Morgan fingerprint density at radius 3 is 2.44 bits per heavy atom. The van der Waals surface area contributed by atoms with Crippen molar-refractivity contribution in [1.82, 2.24) is 0 Å². The Morgan fingerprint density at radius 1 is 1.04 bits per heavy atom. The highest BCUT2D eigenvalue weighted by Gasteiger charge is 2.29. The molecule has 0 saturated heterocycles. The number of ether oxygens (including phenoxy) is 1. The number of rotatable bonds is 6. The van der Waals surface area contributed by atoms with Crippen molar-refractivity contribution in [3.63, 3.8) is 0 Å². The first kappa shape index (κ1) is 19.0. The molecule has 3 rings (SSSR count). The lowest BCUT2D eigenvalue weighted by atomic mass is 9.81. The van der Waals surface area contributed by atoms with Gasteiger partial charge >= 0.3 is 5.97 Å². The average Bonchev–Trinajstić information content (AvgIpc) is 2.68. The fourth-order valence-corrected chi connectivity index (χ4v) is 3.44. The topological polar surface area (TPSA) is 75.6 Å². The molecule has 1 fully saturated rings. The number of carbonyl (C=O) groups is 2. The summed E-state index contributed by atoms with van der Waals surface area (Å²) in [5.74, 6) is -0.544. The van der Waals surface area contributed by atoms with Crippen LogP contribution in [0.1, 0.15) is 36.8 Å². The molecule has 2 N–H and O–H groups in total. The summed E-state index contributed by atoms with van der Waals surface area (Å²) in [6, 6.07) is 15.4. The standard InChI is InChI=1S/C22H25NO4/c1-15-5-2-3-6-18(15)14-27-20-8-4-7-19(13-20)23-21(24)16-9-11-17(12-10-16)22(25)26/h2-8,13,16-17H,9-12,14H2,1H3,(H,23,24)(H,25,26). The zero-order chi connectivity index (χ0) is 19.2. The number of hydrogen-bond acceptors (Lipinski definition) is 3. The highest BCUT2D eigenvalue weighted by molar-refractivity contribution is 5.92. The number of hydrogen-bond donors (Lipinski definition) is 2. The van der Waals surface area contributed by atoms with Gasteiger partial charge in [0.25, 0.3) is 0 Å². The van der Waals surface area contributed by atoms with Crippen LogP contribution in [0.15, 0.2) is 48.5 Å². The van der Waals surface area contributed by atoms with Gasteiger partial charge in [-0.25, -0.2) is 0 Å². The number of aliphatic carboxylic acids is 1. The largest absolute Gasteiger partial charge is 0.489 e. The average molecular weight is 367 g/mol. The van der Waals surface area contributed by atoms with Crippen LogP contribution in [0.2, 0.25) is 0 Å². The van der Waals surface area contributed by atoms with E-state index in [1.54, 1.807) is 0 Å². The van der Waals surface area contributed by atoms with Crippen LogP contribution in [-0.4, -0.2) is 17.0 Å². The molecule has 1 saturated carbocycles. The van der Waals surface area contributed by atoms with Crippen molar-refractivity contribution in [2.45, 2.75) is 39.2 Å². The fourth-order valence-electron chi connectivity index (χ4n) is 3.44. The first-order chi connectivity index (χ1) is 13.0. The van der Waals surface area contributed by atoms with Gasteiger partial charge in [-0.1, -0.05) is 30.3 Å². The number of carboxylic acids is 1. The Hall–Kier alpha value is -2.82. The zero-order valence-corrected chi connectivity index (χ0v) is 15.5. The molecule has 5 heteroatoms. The summed E-state index contributed by atoms with van der Waals surface area (Å²) in [5.41, 5.74) is 3.00. The summed E-state index contributed by atoms with van der Waals surface area (Å²) < 4.78 is 5.86. The first-order valence-electron chi connectivity index (χ1n) is 9.34. The number of carbonyl (C=O) groups excluding carboxylic acids is 1. The Balaban J connectivity index is 1.55. The molecule has 1 aliphatic rings. The minimum absolute atomic E-state index is 0.0464. The van der Waals surface area contributed by atoms with E-state index in [1.807, 2.05) is 42.5 Å². The lowest BCUT2D eigenvalue weighted by Crippen LogP contribution is -2.29. The fraction of sp³-hybridized carbons (Fsp3) is 0.364. The molecular weight excluding hydrogens is 342 g/mol. The zero-order valence-electron chi connectivity index (χ0n) is 15.5. The van der Waals surface area contributed by atoms with E-state index in [2.05, 4.69) is 18.3 Å². The summed E-state index contributed by atoms with van der Waals surface area (Å²) >= 11 is 0. The molecule has 0 atom stereocenters. The number of aryl methyl sites for hydroxylation is 1. The Labute approximate surface area is 159 Å². The lowest BCUT2D eigenvalue weighted by molar-refractivity contribution is -0.143. The number of amides is 1. The van der Waals surface area contributed by atoms with E-state index in [0.29, 0.717) is 43.7 Å². The van der Waals surface area contributed by atoms with Gasteiger partial charge in [0.15, 0.2) is 0 Å². The summed E-state index contributed by atoms with van der Waals surface area (Å²) in [5, 5.41) is 12.0. The molecule has 0 heterocycles. The molecule has 0 radical (unpaired) electrons. The van der Waals surface area contributed by atoms with Gasteiger partial charge < -0.3 is 15.2 Å². The maximum atomic E-state index is 12.5. The molecule has 2 aromatic carbocycles. The maximum absolute atomic E-state index is 12.5. The number of carboxylic acid groups (broad SMARTS) is 1. The van der Waals surface area contributed by atoms with E-state index in [1.165, 1.54) is 5.56 Å². The second kappa shape index (κ2) is 8.71. The molecule has 27 heavy (non-hydrogen) atoms. The highest BCUT2D eigenvalue weighted by Crippen LogP contribution is 2.30. The predicted molar refractivity (Wildman–Crippen MR) is 104 cm³/mol. The predicted octanol–water partition coefficient (Wildman–Crippen LogP) is 4.40. The SMILES string of the molecule is Cc1ccccc1COc1cccc(NC(=O)C2CCC(C(=O)O)CC2)c1. The number of anilines is 1. The normalized spacial score (nSPS) is 19.3. The second-order valence-electron chi connectivity index (χ2n) is 7.12. The van der Waals surface area contributed by atoms with Crippen LogP contribution in [0.3, 0.4) is 0 Å². The maximum Gasteiger partial charge on any atom is 0.306 e. The monoisotopic (exact) mass is 367 g/mol. The van der Waals surface area contributed by atoms with Crippen LogP contribution in [0, 0.1) is 18.8 Å². The molecule has 0 spiro atoms. The van der Waals surface area contributed by atoms with Crippen LogP contribution in [0.5, 0.6) is 5.75 Å². The molecule has 1 aliphatic carbocycles. The van der Waals surface area contributed by atoms with Crippen molar-refractivity contribution in [2.75, 3.05) is 5.32 Å². The summed E-state index contributed by atoms with van der Waals surface area (Å²) in [7, 11) is 0. The van der Waals surface area contributed by atoms with Crippen molar-refractivity contribution in [2.24, 2.45) is 11.8 Å². The van der Waals surface area contributed by atoms with Crippen LogP contribution in [0.25, 0.3) is 0 Å². The summed E-state index contributed by atoms with van der Waals surface area (Å²) in [6.45, 7) is 2.53. The molecule has 0 bridgehead atoms. The van der Waals surface area contributed by atoms with Gasteiger partial charge in [0.2, 0.25) is 5.91 Å². The van der Waals surface area contributed by atoms with Crippen LogP contribution in [-0.2, 0) is 16.2 Å².